The molecule has 1 aromatic carbocycles. The van der Waals surface area contributed by atoms with Gasteiger partial charge in [0.25, 0.3) is 5.91 Å². The highest BCUT2D eigenvalue weighted by Crippen LogP contribution is 2.31. The number of hydrogen-bond donors (Lipinski definition) is 0. The van der Waals surface area contributed by atoms with E-state index in [-0.39, 0.29) is 5.91 Å². The Kier molecular flexibility index (Phi) is 5.31. The average molecular weight is 413 g/mol. The molecule has 4 rings (SSSR count). The van der Waals surface area contributed by atoms with E-state index in [4.69, 9.17) is 9.84 Å². The number of aryl methyl sites for hydroxylation is 1. The van der Waals surface area contributed by atoms with Gasteiger partial charge in [-0.2, -0.15) is 5.10 Å². The molecular weight excluding hydrogens is 388 g/mol. The Morgan fingerprint density at radius 1 is 1.28 bits per heavy atom. The lowest BCUT2D eigenvalue weighted by Gasteiger charge is -2.27. The Morgan fingerprint density at radius 3 is 2.86 bits per heavy atom. The van der Waals surface area contributed by atoms with E-state index < -0.39 is 0 Å². The monoisotopic (exact) mass is 412 g/mol. The van der Waals surface area contributed by atoms with Gasteiger partial charge in [-0.3, -0.25) is 9.48 Å². The minimum Gasteiger partial charge on any atom is -0.497 e. The van der Waals surface area contributed by atoms with Crippen molar-refractivity contribution >= 4 is 17.7 Å². The summed E-state index contributed by atoms with van der Waals surface area (Å²) in [7, 11) is 5.50. The smallest absolute Gasteiger partial charge is 0.254 e. The van der Waals surface area contributed by atoms with Gasteiger partial charge in [0.15, 0.2) is 11.0 Å². The number of amides is 1. The van der Waals surface area contributed by atoms with Crippen LogP contribution in [0.15, 0.2) is 29.4 Å². The summed E-state index contributed by atoms with van der Waals surface area (Å²) in [5, 5.41) is 14.2. The van der Waals surface area contributed by atoms with E-state index in [2.05, 4.69) is 17.1 Å². The molecule has 0 saturated carbocycles. The summed E-state index contributed by atoms with van der Waals surface area (Å²) in [6.45, 7) is 3.24. The van der Waals surface area contributed by atoms with Crippen LogP contribution in [-0.2, 0) is 27.1 Å². The molecule has 0 saturated heterocycles. The van der Waals surface area contributed by atoms with Crippen molar-refractivity contribution in [2.45, 2.75) is 25.0 Å². The number of fused-ring (bicyclic) bond motifs is 1. The molecule has 29 heavy (non-hydrogen) atoms. The standard InChI is InChI=1S/C20H24N6O2S/c1-5-29-20-22-21-18(24(20)2)17-15-12-26(10-9-16(15)25(3)23-17)19(27)13-7-6-8-14(11-13)28-4/h6-8,11H,5,9-10,12H2,1-4H3. The van der Waals surface area contributed by atoms with Crippen molar-refractivity contribution in [1.29, 1.82) is 0 Å². The number of hydrogen-bond acceptors (Lipinski definition) is 6. The van der Waals surface area contributed by atoms with Crippen LogP contribution >= 0.6 is 11.8 Å². The molecule has 9 heteroatoms. The van der Waals surface area contributed by atoms with Crippen LogP contribution in [0, 0.1) is 0 Å². The van der Waals surface area contributed by atoms with Gasteiger partial charge in [0.1, 0.15) is 11.4 Å². The minimum absolute atomic E-state index is 0.00968. The summed E-state index contributed by atoms with van der Waals surface area (Å²) in [5.74, 6) is 2.32. The van der Waals surface area contributed by atoms with Crippen molar-refractivity contribution in [2.75, 3.05) is 19.4 Å². The summed E-state index contributed by atoms with van der Waals surface area (Å²) in [4.78, 5) is 15.0. The number of carbonyl (C=O) groups excluding carboxylic acids is 1. The lowest BCUT2D eigenvalue weighted by Crippen LogP contribution is -2.36. The molecule has 0 fully saturated rings. The molecule has 0 aliphatic carbocycles. The Morgan fingerprint density at radius 2 is 2.10 bits per heavy atom. The molecule has 1 aliphatic rings. The summed E-state index contributed by atoms with van der Waals surface area (Å²) in [5.41, 5.74) is 3.60. The van der Waals surface area contributed by atoms with E-state index in [1.54, 1.807) is 24.9 Å². The lowest BCUT2D eigenvalue weighted by molar-refractivity contribution is 0.0733. The molecule has 3 aromatic rings. The summed E-state index contributed by atoms with van der Waals surface area (Å²) >= 11 is 1.65. The van der Waals surface area contributed by atoms with Gasteiger partial charge in [0.05, 0.1) is 13.7 Å². The lowest BCUT2D eigenvalue weighted by atomic mass is 10.0. The molecule has 0 bridgehead atoms. The van der Waals surface area contributed by atoms with Crippen molar-refractivity contribution in [3.8, 4) is 17.3 Å². The zero-order chi connectivity index (χ0) is 20.5. The van der Waals surface area contributed by atoms with Gasteiger partial charge in [0, 0.05) is 43.9 Å². The molecule has 3 heterocycles. The molecular formula is C20H24N6O2S. The zero-order valence-electron chi connectivity index (χ0n) is 17.0. The molecule has 1 aliphatic heterocycles. The van der Waals surface area contributed by atoms with Gasteiger partial charge in [-0.25, -0.2) is 0 Å². The maximum atomic E-state index is 13.1. The third-order valence-corrected chi connectivity index (χ3v) is 6.07. The number of methoxy groups -OCH3 is 1. The fraction of sp³-hybridized carbons (Fsp3) is 0.400. The fourth-order valence-electron chi connectivity index (χ4n) is 3.66. The van der Waals surface area contributed by atoms with Gasteiger partial charge in [-0.05, 0) is 24.0 Å². The van der Waals surface area contributed by atoms with E-state index in [0.29, 0.717) is 24.4 Å². The Hall–Kier alpha value is -2.81. The van der Waals surface area contributed by atoms with Crippen LogP contribution in [0.25, 0.3) is 11.5 Å². The maximum absolute atomic E-state index is 13.1. The quantitative estimate of drug-likeness (QED) is 0.600. The SMILES string of the molecule is CCSc1nnc(-c2nn(C)c3c2CN(C(=O)c2cccc(OC)c2)CC3)n1C. The normalized spacial score (nSPS) is 13.4. The Labute approximate surface area is 173 Å². The second-order valence-electron chi connectivity index (χ2n) is 6.90. The van der Waals surface area contributed by atoms with Gasteiger partial charge in [-0.15, -0.1) is 10.2 Å². The predicted octanol–water partition coefficient (Wildman–Crippen LogP) is 2.53. The van der Waals surface area contributed by atoms with Gasteiger partial charge < -0.3 is 14.2 Å². The van der Waals surface area contributed by atoms with Crippen LogP contribution in [-0.4, -0.2) is 54.8 Å². The van der Waals surface area contributed by atoms with Crippen LogP contribution in [0.3, 0.4) is 0 Å². The van der Waals surface area contributed by atoms with E-state index >= 15 is 0 Å². The number of benzene rings is 1. The molecule has 8 nitrogen and oxygen atoms in total. The van der Waals surface area contributed by atoms with E-state index in [1.165, 1.54) is 0 Å². The second kappa shape index (κ2) is 7.90. The number of nitrogens with zero attached hydrogens (tertiary/aromatic N) is 6. The number of carbonyl (C=O) groups is 1. The van der Waals surface area contributed by atoms with Crippen LogP contribution < -0.4 is 4.74 Å². The Bertz CT molecular complexity index is 1060. The second-order valence-corrected chi connectivity index (χ2v) is 8.14. The van der Waals surface area contributed by atoms with Gasteiger partial charge in [-0.1, -0.05) is 24.8 Å². The van der Waals surface area contributed by atoms with Crippen molar-refractivity contribution < 1.29 is 9.53 Å². The first-order valence-corrected chi connectivity index (χ1v) is 10.5. The maximum Gasteiger partial charge on any atom is 0.254 e. The van der Waals surface area contributed by atoms with Crippen LogP contribution in [0.1, 0.15) is 28.5 Å². The zero-order valence-corrected chi connectivity index (χ0v) is 17.9. The number of rotatable bonds is 5. The van der Waals surface area contributed by atoms with Crippen LogP contribution in [0.2, 0.25) is 0 Å². The summed E-state index contributed by atoms with van der Waals surface area (Å²) in [6.07, 6.45) is 0.753. The number of ether oxygens (including phenoxy) is 1. The molecule has 0 unspecified atom stereocenters. The van der Waals surface area contributed by atoms with E-state index in [0.717, 1.165) is 40.1 Å². The highest BCUT2D eigenvalue weighted by atomic mass is 32.2. The molecule has 2 aromatic heterocycles. The van der Waals surface area contributed by atoms with Gasteiger partial charge >= 0.3 is 0 Å². The van der Waals surface area contributed by atoms with Crippen LogP contribution in [0.4, 0.5) is 0 Å². The van der Waals surface area contributed by atoms with Gasteiger partial charge in [0.2, 0.25) is 0 Å². The van der Waals surface area contributed by atoms with E-state index in [9.17, 15) is 4.79 Å². The highest BCUT2D eigenvalue weighted by molar-refractivity contribution is 7.99. The summed E-state index contributed by atoms with van der Waals surface area (Å²) < 4.78 is 9.13. The minimum atomic E-state index is -0.00968. The molecule has 0 atom stereocenters. The predicted molar refractivity (Wildman–Crippen MR) is 111 cm³/mol. The van der Waals surface area contributed by atoms with Crippen LogP contribution in [0.5, 0.6) is 5.75 Å². The topological polar surface area (TPSA) is 78.1 Å². The van der Waals surface area contributed by atoms with Crippen molar-refractivity contribution in [2.24, 2.45) is 14.1 Å². The highest BCUT2D eigenvalue weighted by Gasteiger charge is 2.29. The molecule has 1 amide bonds. The molecule has 0 spiro atoms. The first-order valence-electron chi connectivity index (χ1n) is 9.54. The molecule has 152 valence electrons. The number of aromatic nitrogens is 5. The van der Waals surface area contributed by atoms with Crippen molar-refractivity contribution in [3.05, 3.63) is 41.1 Å². The first kappa shape index (κ1) is 19.5. The van der Waals surface area contributed by atoms with Crippen molar-refractivity contribution in [3.63, 3.8) is 0 Å². The number of thioether (sulfide) groups is 1. The third kappa shape index (κ3) is 3.50. The van der Waals surface area contributed by atoms with E-state index in [1.807, 2.05) is 46.4 Å². The molecule has 0 radical (unpaired) electrons. The first-order chi connectivity index (χ1) is 14.0. The Balaban J connectivity index is 1.66. The van der Waals surface area contributed by atoms with Crippen molar-refractivity contribution in [1.82, 2.24) is 29.4 Å². The summed E-state index contributed by atoms with van der Waals surface area (Å²) in [6, 6.07) is 7.27. The average Bonchev–Trinajstić information content (AvgIpc) is 3.27. The third-order valence-electron chi connectivity index (χ3n) is 5.17. The largest absolute Gasteiger partial charge is 0.497 e. The molecule has 0 N–H and O–H groups in total. The fourth-order valence-corrected chi connectivity index (χ4v) is 4.30.